The lowest BCUT2D eigenvalue weighted by molar-refractivity contribution is 0.407. The van der Waals surface area contributed by atoms with Crippen LogP contribution in [0, 0.1) is 0 Å². The summed E-state index contributed by atoms with van der Waals surface area (Å²) in [5, 5.41) is 16.2. The van der Waals surface area contributed by atoms with Gasteiger partial charge in [0.05, 0.1) is 11.4 Å². The molecule has 1 fully saturated rings. The van der Waals surface area contributed by atoms with E-state index >= 15 is 0 Å². The molecule has 6 N–H and O–H groups in total. The number of rotatable bonds is 6. The molecule has 2 heterocycles. The van der Waals surface area contributed by atoms with Gasteiger partial charge in [-0.15, -0.1) is 5.10 Å². The molecule has 1 aliphatic carbocycles. The van der Waals surface area contributed by atoms with Crippen LogP contribution in [-0.2, 0) is 0 Å². The number of hydrogen-bond donors (Lipinski definition) is 4. The number of aromatic nitrogens is 4. The van der Waals surface area contributed by atoms with Crippen LogP contribution < -0.4 is 22.1 Å². The monoisotopic (exact) mass is 422 g/mol. The Morgan fingerprint density at radius 3 is 2.45 bits per heavy atom. The molecule has 0 atom stereocenters. The Hall–Kier alpha value is -2.87. The molecule has 0 aromatic heterocycles. The van der Waals surface area contributed by atoms with E-state index in [1.807, 2.05) is 24.3 Å². The fraction of sp³-hybridized carbons (Fsp3) is 0.522. The van der Waals surface area contributed by atoms with Gasteiger partial charge >= 0.3 is 0 Å². The minimum atomic E-state index is 0.202. The highest BCUT2D eigenvalue weighted by molar-refractivity contribution is 5.78. The molecule has 0 amide bonds. The van der Waals surface area contributed by atoms with E-state index in [0.717, 1.165) is 54.4 Å². The maximum Gasteiger partial charge on any atom is 0.205 e. The molecule has 4 rings (SSSR count). The summed E-state index contributed by atoms with van der Waals surface area (Å²) in [4.78, 5) is 5.00. The number of nitrogen functional groups attached to an aromatic ring is 1. The molecule has 8 nitrogen and oxygen atoms in total. The molecule has 2 aliphatic heterocycles. The lowest BCUT2D eigenvalue weighted by atomic mass is 9.92. The second-order valence-corrected chi connectivity index (χ2v) is 9.19. The van der Waals surface area contributed by atoms with E-state index in [0.29, 0.717) is 23.6 Å². The van der Waals surface area contributed by atoms with Crippen LogP contribution in [0.1, 0.15) is 71.0 Å². The molecule has 166 valence electrons. The normalized spacial score (nSPS) is 19.3. The number of anilines is 4. The van der Waals surface area contributed by atoms with Gasteiger partial charge in [-0.2, -0.15) is 10.1 Å². The minimum Gasteiger partial charge on any atom is -0.399 e. The van der Waals surface area contributed by atoms with Crippen LogP contribution in [0.5, 0.6) is 0 Å². The maximum absolute atomic E-state index is 6.12. The average Bonchev–Trinajstić information content (AvgIpc) is 3.15. The van der Waals surface area contributed by atoms with Crippen LogP contribution in [-0.4, -0.2) is 31.8 Å². The second kappa shape index (κ2) is 8.70. The Kier molecular flexibility index (Phi) is 6.00. The second-order valence-electron chi connectivity index (χ2n) is 9.19. The van der Waals surface area contributed by atoms with Gasteiger partial charge in [-0.05, 0) is 63.6 Å². The van der Waals surface area contributed by atoms with Gasteiger partial charge in [0.2, 0.25) is 5.95 Å². The van der Waals surface area contributed by atoms with Gasteiger partial charge in [0.25, 0.3) is 0 Å². The van der Waals surface area contributed by atoms with Crippen molar-refractivity contribution in [3.63, 3.8) is 0 Å². The number of nitrogens with zero attached hydrogens (tertiary/aromatic N) is 4. The van der Waals surface area contributed by atoms with Crippen molar-refractivity contribution < 1.29 is 0 Å². The van der Waals surface area contributed by atoms with Crippen molar-refractivity contribution in [2.24, 2.45) is 5.73 Å². The summed E-state index contributed by atoms with van der Waals surface area (Å²) in [6.07, 6.45) is 4.16. The Balaban J connectivity index is 1.81. The number of nitrogens with one attached hydrogen (secondary N) is 2. The van der Waals surface area contributed by atoms with Crippen LogP contribution in [0.3, 0.4) is 0 Å². The minimum absolute atomic E-state index is 0.202. The van der Waals surface area contributed by atoms with Crippen molar-refractivity contribution in [3.8, 4) is 11.4 Å². The lowest BCUT2D eigenvalue weighted by Gasteiger charge is -2.30. The van der Waals surface area contributed by atoms with Crippen molar-refractivity contribution >= 4 is 23.1 Å². The molecule has 8 heteroatoms. The molecular formula is C23H34N8. The van der Waals surface area contributed by atoms with E-state index in [9.17, 15) is 0 Å². The summed E-state index contributed by atoms with van der Waals surface area (Å²) < 4.78 is 2.24. The zero-order valence-electron chi connectivity index (χ0n) is 18.9. The zero-order valence-corrected chi connectivity index (χ0v) is 18.9. The standard InChI is InChI=1S/C23H34N8/c1-13(2)19-21-20(30-29-19)22(26-18-7-5-6-16(25)12-18)28-23(31(21)14(3)4)27-17-10-8-15(24)9-11-17/h5-7,12-15,17,26H,8-11,24-25H2,1-4H3,(H,27,28). The molecule has 1 aromatic rings. The molecule has 3 aliphatic rings. The molecule has 0 unspecified atom stereocenters. The van der Waals surface area contributed by atoms with Gasteiger partial charge in [-0.25, -0.2) is 0 Å². The van der Waals surface area contributed by atoms with Gasteiger partial charge in [0.15, 0.2) is 11.5 Å². The first-order chi connectivity index (χ1) is 14.8. The highest BCUT2D eigenvalue weighted by Gasteiger charge is 2.29. The van der Waals surface area contributed by atoms with Crippen LogP contribution in [0.4, 0.5) is 23.1 Å². The first-order valence-corrected chi connectivity index (χ1v) is 11.3. The molecule has 31 heavy (non-hydrogen) atoms. The molecule has 0 spiro atoms. The van der Waals surface area contributed by atoms with E-state index < -0.39 is 0 Å². The van der Waals surface area contributed by atoms with E-state index in [1.54, 1.807) is 0 Å². The third-order valence-electron chi connectivity index (χ3n) is 5.95. The smallest absolute Gasteiger partial charge is 0.205 e. The molecule has 0 saturated heterocycles. The number of fused-ring (bicyclic) bond motifs is 1. The van der Waals surface area contributed by atoms with Crippen molar-refractivity contribution in [3.05, 3.63) is 30.0 Å². The Bertz CT molecular complexity index is 1000. The van der Waals surface area contributed by atoms with Crippen molar-refractivity contribution in [2.75, 3.05) is 16.4 Å². The zero-order chi connectivity index (χ0) is 22.1. The third kappa shape index (κ3) is 4.44. The predicted molar refractivity (Wildman–Crippen MR) is 127 cm³/mol. The summed E-state index contributed by atoms with van der Waals surface area (Å²) >= 11 is 0. The van der Waals surface area contributed by atoms with Crippen LogP contribution in [0.15, 0.2) is 24.3 Å². The molecule has 0 radical (unpaired) electrons. The number of benzene rings is 1. The fourth-order valence-electron chi connectivity index (χ4n) is 4.32. The van der Waals surface area contributed by atoms with Gasteiger partial charge in [0, 0.05) is 29.5 Å². The van der Waals surface area contributed by atoms with Gasteiger partial charge in [-0.3, -0.25) is 0 Å². The Morgan fingerprint density at radius 1 is 1.06 bits per heavy atom. The van der Waals surface area contributed by atoms with E-state index in [1.165, 1.54) is 0 Å². The third-order valence-corrected chi connectivity index (χ3v) is 5.95. The van der Waals surface area contributed by atoms with E-state index in [4.69, 9.17) is 16.5 Å². The first-order valence-electron chi connectivity index (χ1n) is 11.3. The summed E-state index contributed by atoms with van der Waals surface area (Å²) in [6.45, 7) is 8.64. The van der Waals surface area contributed by atoms with Crippen LogP contribution in [0.25, 0.3) is 11.4 Å². The maximum atomic E-state index is 6.12. The highest BCUT2D eigenvalue weighted by atomic mass is 15.3. The summed E-state index contributed by atoms with van der Waals surface area (Å²) in [5.41, 5.74) is 16.5. The number of nitrogens with two attached hydrogens (primary N) is 2. The summed E-state index contributed by atoms with van der Waals surface area (Å²) in [6, 6.07) is 8.53. The van der Waals surface area contributed by atoms with Crippen LogP contribution >= 0.6 is 0 Å². The van der Waals surface area contributed by atoms with E-state index in [2.05, 4.69) is 53.1 Å². The van der Waals surface area contributed by atoms with Crippen LogP contribution in [0.2, 0.25) is 0 Å². The summed E-state index contributed by atoms with van der Waals surface area (Å²) in [7, 11) is 0. The summed E-state index contributed by atoms with van der Waals surface area (Å²) in [5.74, 6) is 1.77. The SMILES string of the molecule is CC(C)c1nnc2c(Nc3cccc(N)c3)nc(NC3CCC(N)CC3)n(C(C)C)c1-2. The first kappa shape index (κ1) is 21.4. The lowest BCUT2D eigenvalue weighted by Crippen LogP contribution is -2.34. The molecule has 1 saturated carbocycles. The fourth-order valence-corrected chi connectivity index (χ4v) is 4.32. The van der Waals surface area contributed by atoms with Crippen molar-refractivity contribution in [2.45, 2.75) is 77.4 Å². The van der Waals surface area contributed by atoms with Crippen molar-refractivity contribution in [1.82, 2.24) is 19.7 Å². The van der Waals surface area contributed by atoms with E-state index in [-0.39, 0.29) is 12.0 Å². The highest BCUT2D eigenvalue weighted by Crippen LogP contribution is 2.39. The van der Waals surface area contributed by atoms with Gasteiger partial charge in [-0.1, -0.05) is 19.9 Å². The Morgan fingerprint density at radius 2 is 1.81 bits per heavy atom. The quantitative estimate of drug-likeness (QED) is 0.432. The largest absolute Gasteiger partial charge is 0.399 e. The van der Waals surface area contributed by atoms with Gasteiger partial charge < -0.3 is 26.7 Å². The molecular weight excluding hydrogens is 388 g/mol. The predicted octanol–water partition coefficient (Wildman–Crippen LogP) is 4.49. The number of hydrogen-bond acceptors (Lipinski definition) is 7. The Labute approximate surface area is 184 Å². The van der Waals surface area contributed by atoms with Crippen molar-refractivity contribution in [1.29, 1.82) is 0 Å². The average molecular weight is 423 g/mol. The molecule has 0 bridgehead atoms. The van der Waals surface area contributed by atoms with Gasteiger partial charge in [0.1, 0.15) is 0 Å². The topological polar surface area (TPSA) is 120 Å². The molecule has 1 aromatic carbocycles.